The Hall–Kier alpha value is -0.640. The lowest BCUT2D eigenvalue weighted by Gasteiger charge is -2.48. The van der Waals surface area contributed by atoms with E-state index >= 15 is 0 Å². The van der Waals surface area contributed by atoms with Crippen LogP contribution in [0.2, 0.25) is 0 Å². The number of ether oxygens (including phenoxy) is 5. The van der Waals surface area contributed by atoms with Crippen LogP contribution >= 0.6 is 0 Å². The summed E-state index contributed by atoms with van der Waals surface area (Å²) in [6.07, 6.45) is -22.2. The van der Waals surface area contributed by atoms with E-state index in [1.807, 2.05) is 0 Å². The summed E-state index contributed by atoms with van der Waals surface area (Å²) in [5, 5.41) is 109. The monoisotopic (exact) mass is 504 g/mol. The van der Waals surface area contributed by atoms with Crippen LogP contribution in [0, 0.1) is 0 Å². The topological polar surface area (TPSA) is 269 Å². The molecule has 0 unspecified atom stereocenters. The molecule has 0 amide bonds. The molecule has 3 rings (SSSR count). The third-order valence-corrected chi connectivity index (χ3v) is 6.14. The summed E-state index contributed by atoms with van der Waals surface area (Å²) in [7, 11) is 0. The van der Waals surface area contributed by atoms with Gasteiger partial charge >= 0.3 is 0 Å². The molecule has 3 saturated heterocycles. The number of hydrogen-bond donors (Lipinski definition) is 11. The summed E-state index contributed by atoms with van der Waals surface area (Å²) >= 11 is 0. The van der Waals surface area contributed by atoms with Gasteiger partial charge in [-0.3, -0.25) is 0 Å². The van der Waals surface area contributed by atoms with Crippen LogP contribution in [0.5, 0.6) is 0 Å². The van der Waals surface area contributed by atoms with Crippen LogP contribution in [0.15, 0.2) is 0 Å². The fraction of sp³-hybridized carbons (Fsp3) is 1.00. The van der Waals surface area contributed by atoms with Crippen LogP contribution in [0.3, 0.4) is 0 Å². The molecule has 3 fully saturated rings. The predicted octanol–water partition coefficient (Wildman–Crippen LogP) is -7.57. The first-order valence-electron chi connectivity index (χ1n) is 10.6. The van der Waals surface area contributed by atoms with E-state index in [0.717, 1.165) is 0 Å². The van der Waals surface area contributed by atoms with E-state index in [9.17, 15) is 56.2 Å². The quantitative estimate of drug-likeness (QED) is 0.154. The smallest absolute Gasteiger partial charge is 0.223 e. The zero-order valence-electron chi connectivity index (χ0n) is 17.8. The van der Waals surface area contributed by atoms with Crippen LogP contribution in [-0.2, 0) is 23.7 Å². The van der Waals surface area contributed by atoms with Crippen molar-refractivity contribution < 1.29 is 79.9 Å². The lowest BCUT2D eigenvalue weighted by Crippen LogP contribution is -2.68. The second-order valence-corrected chi connectivity index (χ2v) is 8.45. The standard InChI is InChI=1S/C18H32O16/c19-1-6-9(23)11(25)13(27)16(32-6)30-3-7-10(24)12(26)14(28)17(33-7)34-18(4-20)15(29)8(22)5(21)2-31-18/h5-17,19-29H,1-4H2/t5-,6-,7-,8-,9+,10-,11+,12+,13-,14-,15+,16+,17-,18+/m1/s1. The Labute approximate surface area is 192 Å². The van der Waals surface area contributed by atoms with Crippen LogP contribution in [-0.4, -0.2) is 168 Å². The minimum absolute atomic E-state index is 0.559. The van der Waals surface area contributed by atoms with E-state index in [1.54, 1.807) is 0 Å². The highest BCUT2D eigenvalue weighted by atomic mass is 16.8. The van der Waals surface area contributed by atoms with Crippen molar-refractivity contribution in [2.75, 3.05) is 26.4 Å². The molecule has 3 aliphatic heterocycles. The molecule has 0 aromatic heterocycles. The maximum atomic E-state index is 10.3. The molecule has 0 aromatic carbocycles. The summed E-state index contributed by atoms with van der Waals surface area (Å²) < 4.78 is 26.4. The van der Waals surface area contributed by atoms with Gasteiger partial charge in [-0.15, -0.1) is 0 Å². The lowest BCUT2D eigenvalue weighted by atomic mass is 9.96. The Morgan fingerprint density at radius 3 is 1.82 bits per heavy atom. The molecule has 34 heavy (non-hydrogen) atoms. The maximum absolute atomic E-state index is 10.3. The highest BCUT2D eigenvalue weighted by molar-refractivity contribution is 4.96. The third kappa shape index (κ3) is 5.23. The summed E-state index contributed by atoms with van der Waals surface area (Å²) in [5.41, 5.74) is 0. The zero-order chi connectivity index (χ0) is 25.4. The second-order valence-electron chi connectivity index (χ2n) is 8.45. The zero-order valence-corrected chi connectivity index (χ0v) is 17.8. The van der Waals surface area contributed by atoms with Crippen LogP contribution in [0.1, 0.15) is 0 Å². The van der Waals surface area contributed by atoms with Gasteiger partial charge in [0.2, 0.25) is 5.79 Å². The highest BCUT2D eigenvalue weighted by Gasteiger charge is 2.55. The van der Waals surface area contributed by atoms with E-state index in [4.69, 9.17) is 23.7 Å². The van der Waals surface area contributed by atoms with Crippen molar-refractivity contribution in [3.63, 3.8) is 0 Å². The minimum Gasteiger partial charge on any atom is -0.394 e. The largest absolute Gasteiger partial charge is 0.394 e. The molecule has 0 radical (unpaired) electrons. The first-order valence-corrected chi connectivity index (χ1v) is 10.6. The van der Waals surface area contributed by atoms with Crippen molar-refractivity contribution in [2.45, 2.75) is 85.5 Å². The van der Waals surface area contributed by atoms with E-state index in [1.165, 1.54) is 0 Å². The predicted molar refractivity (Wildman–Crippen MR) is 101 cm³/mol. The van der Waals surface area contributed by atoms with Gasteiger partial charge in [-0.2, -0.15) is 0 Å². The van der Waals surface area contributed by atoms with Gasteiger partial charge in [0, 0.05) is 0 Å². The Morgan fingerprint density at radius 2 is 1.24 bits per heavy atom. The molecule has 14 atom stereocenters. The van der Waals surface area contributed by atoms with E-state index in [0.29, 0.717) is 0 Å². The van der Waals surface area contributed by atoms with Gasteiger partial charge in [-0.1, -0.05) is 0 Å². The van der Waals surface area contributed by atoms with Gasteiger partial charge in [0.1, 0.15) is 73.8 Å². The number of aliphatic hydroxyl groups is 11. The Bertz CT molecular complexity index is 653. The molecule has 0 aromatic rings. The molecule has 0 spiro atoms. The summed E-state index contributed by atoms with van der Waals surface area (Å²) in [5.74, 6) is -2.37. The summed E-state index contributed by atoms with van der Waals surface area (Å²) in [4.78, 5) is 0. The Balaban J connectivity index is 1.69. The fourth-order valence-electron chi connectivity index (χ4n) is 3.90. The molecule has 0 aliphatic carbocycles. The van der Waals surface area contributed by atoms with Crippen molar-refractivity contribution in [3.8, 4) is 0 Å². The van der Waals surface area contributed by atoms with Gasteiger partial charge in [0.15, 0.2) is 12.6 Å². The van der Waals surface area contributed by atoms with Crippen LogP contribution in [0.25, 0.3) is 0 Å². The Morgan fingerprint density at radius 1 is 0.676 bits per heavy atom. The van der Waals surface area contributed by atoms with Gasteiger partial charge in [-0.05, 0) is 0 Å². The molecule has 3 aliphatic rings. The molecule has 11 N–H and O–H groups in total. The second kappa shape index (κ2) is 11.2. The van der Waals surface area contributed by atoms with Crippen molar-refractivity contribution in [3.05, 3.63) is 0 Å². The van der Waals surface area contributed by atoms with Gasteiger partial charge < -0.3 is 79.9 Å². The van der Waals surface area contributed by atoms with Crippen molar-refractivity contribution in [1.82, 2.24) is 0 Å². The van der Waals surface area contributed by atoms with Crippen molar-refractivity contribution in [2.24, 2.45) is 0 Å². The molecular weight excluding hydrogens is 472 g/mol. The summed E-state index contributed by atoms with van der Waals surface area (Å²) in [6, 6.07) is 0. The fourth-order valence-corrected chi connectivity index (χ4v) is 3.90. The van der Waals surface area contributed by atoms with Gasteiger partial charge in [0.25, 0.3) is 0 Å². The summed E-state index contributed by atoms with van der Waals surface area (Å²) in [6.45, 7) is -2.96. The number of aliphatic hydroxyl groups excluding tert-OH is 11. The first kappa shape index (κ1) is 27.9. The first-order chi connectivity index (χ1) is 16.0. The molecular formula is C18H32O16. The maximum Gasteiger partial charge on any atom is 0.223 e. The third-order valence-electron chi connectivity index (χ3n) is 6.14. The van der Waals surface area contributed by atoms with E-state index < -0.39 is 112 Å². The number of hydrogen-bond acceptors (Lipinski definition) is 16. The molecule has 16 nitrogen and oxygen atoms in total. The average molecular weight is 504 g/mol. The molecule has 0 bridgehead atoms. The van der Waals surface area contributed by atoms with Crippen LogP contribution in [0.4, 0.5) is 0 Å². The number of rotatable bonds is 7. The molecule has 16 heteroatoms. The van der Waals surface area contributed by atoms with Gasteiger partial charge in [-0.25, -0.2) is 0 Å². The van der Waals surface area contributed by atoms with E-state index in [-0.39, 0.29) is 0 Å². The molecule has 3 heterocycles. The van der Waals surface area contributed by atoms with E-state index in [2.05, 4.69) is 0 Å². The Kier molecular flexibility index (Phi) is 9.18. The molecule has 0 saturated carbocycles. The van der Waals surface area contributed by atoms with Crippen molar-refractivity contribution in [1.29, 1.82) is 0 Å². The lowest BCUT2D eigenvalue weighted by molar-refractivity contribution is -0.417. The SMILES string of the molecule is OC[C@H]1O[C@H](OC[C@H]2O[C@H](O[C@]3(CO)OC[C@@H](O)[C@@H](O)[C@@H]3O)[C@H](O)[C@@H](O)[C@@H]2O)[C@H](O)[C@@H](O)[C@H]1O. The van der Waals surface area contributed by atoms with Crippen LogP contribution < -0.4 is 0 Å². The van der Waals surface area contributed by atoms with Crippen molar-refractivity contribution >= 4 is 0 Å². The normalized spacial score (nSPS) is 52.5. The minimum atomic E-state index is -2.37. The highest BCUT2D eigenvalue weighted by Crippen LogP contribution is 2.33. The van der Waals surface area contributed by atoms with Gasteiger partial charge in [0.05, 0.1) is 19.8 Å². The average Bonchev–Trinajstić information content (AvgIpc) is 2.83. The molecule has 200 valence electrons.